The number of H-pyrrole nitrogens is 1. The number of imidazole rings is 1. The fraction of sp³-hybridized carbons (Fsp3) is 0.688. The molecule has 1 rings (SSSR count). The number of hydrogen-bond acceptors (Lipinski definition) is 9. The predicted molar refractivity (Wildman–Crippen MR) is 182 cm³/mol. The van der Waals surface area contributed by atoms with Crippen molar-refractivity contribution < 1.29 is 33.6 Å². The molecule has 0 aliphatic rings. The van der Waals surface area contributed by atoms with Crippen molar-refractivity contribution in [2.24, 2.45) is 11.8 Å². The Balaban J connectivity index is 2.81. The number of amides is 7. The average molecular weight is 693 g/mol. The number of carbonyl (C=O) groups is 7. The Morgan fingerprint density at radius 2 is 1.35 bits per heavy atom. The first-order valence-electron chi connectivity index (χ1n) is 16.7. The highest BCUT2D eigenvalue weighted by Crippen LogP contribution is 2.12. The summed E-state index contributed by atoms with van der Waals surface area (Å²) in [4.78, 5) is 95.6. The first-order chi connectivity index (χ1) is 23.1. The zero-order chi connectivity index (χ0) is 36.9. The summed E-state index contributed by atoms with van der Waals surface area (Å²) in [6.45, 7) is 13.3. The highest BCUT2D eigenvalue weighted by atomic mass is 16.2. The molecule has 1 aromatic rings. The van der Waals surface area contributed by atoms with Crippen LogP contribution >= 0.6 is 0 Å². The molecule has 7 amide bonds. The molecule has 0 aromatic carbocycles. The molecule has 17 nitrogen and oxygen atoms in total. The second kappa shape index (κ2) is 22.9. The molecule has 1 aromatic heterocycles. The lowest BCUT2D eigenvalue weighted by molar-refractivity contribution is -0.134. The minimum absolute atomic E-state index is 0.0204. The molecule has 0 aliphatic carbocycles. The van der Waals surface area contributed by atoms with E-state index in [0.29, 0.717) is 44.7 Å². The molecular formula is C32H56N10O7. The Morgan fingerprint density at radius 1 is 0.735 bits per heavy atom. The third kappa shape index (κ3) is 18.6. The van der Waals surface area contributed by atoms with E-state index in [4.69, 9.17) is 0 Å². The fourth-order valence-electron chi connectivity index (χ4n) is 4.81. The Bertz CT molecular complexity index is 1200. The van der Waals surface area contributed by atoms with Gasteiger partial charge < -0.3 is 42.2 Å². The lowest BCUT2D eigenvalue weighted by Crippen LogP contribution is -2.59. The van der Waals surface area contributed by atoms with Gasteiger partial charge in [-0.2, -0.15) is 0 Å². The highest BCUT2D eigenvalue weighted by Gasteiger charge is 2.32. The molecule has 0 radical (unpaired) electrons. The molecule has 8 N–H and O–H groups in total. The molecule has 1 heterocycles. The van der Waals surface area contributed by atoms with Gasteiger partial charge in [0.15, 0.2) is 0 Å². The van der Waals surface area contributed by atoms with Crippen LogP contribution in [-0.2, 0) is 40.0 Å². The number of aromatic nitrogens is 2. The summed E-state index contributed by atoms with van der Waals surface area (Å²) >= 11 is 0. The van der Waals surface area contributed by atoms with Gasteiger partial charge in [0.2, 0.25) is 41.4 Å². The first-order valence-corrected chi connectivity index (χ1v) is 16.7. The van der Waals surface area contributed by atoms with Gasteiger partial charge in [-0.1, -0.05) is 34.1 Å². The lowest BCUT2D eigenvalue weighted by atomic mass is 9.96. The van der Waals surface area contributed by atoms with E-state index >= 15 is 0 Å². The molecule has 49 heavy (non-hydrogen) atoms. The van der Waals surface area contributed by atoms with E-state index in [1.165, 1.54) is 27.1 Å². The summed E-state index contributed by atoms with van der Waals surface area (Å²) in [5.74, 6) is -2.84. The van der Waals surface area contributed by atoms with Crippen molar-refractivity contribution in [1.82, 2.24) is 52.1 Å². The van der Waals surface area contributed by atoms with Crippen LogP contribution in [0, 0.1) is 11.8 Å². The van der Waals surface area contributed by atoms with Crippen LogP contribution in [0.5, 0.6) is 0 Å². The van der Waals surface area contributed by atoms with Gasteiger partial charge >= 0.3 is 0 Å². The van der Waals surface area contributed by atoms with E-state index in [1.807, 2.05) is 27.7 Å². The topological polar surface area (TPSA) is 236 Å². The summed E-state index contributed by atoms with van der Waals surface area (Å²) in [6, 6.07) is -2.83. The zero-order valence-corrected chi connectivity index (χ0v) is 29.9. The van der Waals surface area contributed by atoms with Crippen molar-refractivity contribution >= 4 is 41.4 Å². The Morgan fingerprint density at radius 3 is 1.86 bits per heavy atom. The highest BCUT2D eigenvalue weighted by molar-refractivity contribution is 5.94. The lowest BCUT2D eigenvalue weighted by Gasteiger charge is -2.28. The van der Waals surface area contributed by atoms with Crippen molar-refractivity contribution in [2.75, 3.05) is 45.8 Å². The molecule has 0 fully saturated rings. The third-order valence-electron chi connectivity index (χ3n) is 7.52. The summed E-state index contributed by atoms with van der Waals surface area (Å²) < 4.78 is 0. The smallest absolute Gasteiger partial charge is 0.243 e. The van der Waals surface area contributed by atoms with Crippen LogP contribution in [0.2, 0.25) is 0 Å². The van der Waals surface area contributed by atoms with Gasteiger partial charge in [0, 0.05) is 78.4 Å². The predicted octanol–water partition coefficient (Wildman–Crippen LogP) is -1.67. The number of rotatable bonds is 23. The van der Waals surface area contributed by atoms with Crippen molar-refractivity contribution in [3.05, 3.63) is 18.2 Å². The third-order valence-corrected chi connectivity index (χ3v) is 7.52. The summed E-state index contributed by atoms with van der Waals surface area (Å²) in [7, 11) is 0. The summed E-state index contributed by atoms with van der Waals surface area (Å²) in [5, 5.41) is 19.1. The maximum Gasteiger partial charge on any atom is 0.243 e. The molecule has 0 saturated heterocycles. The number of hydrogen-bond donors (Lipinski definition) is 8. The Hall–Kier alpha value is -4.54. The molecule has 17 heteroatoms. The van der Waals surface area contributed by atoms with Crippen molar-refractivity contribution in [2.45, 2.75) is 85.9 Å². The average Bonchev–Trinajstić information content (AvgIpc) is 3.53. The first kappa shape index (κ1) is 42.5. The summed E-state index contributed by atoms with van der Waals surface area (Å²) in [5.41, 5.74) is 0.629. The quantitative estimate of drug-likeness (QED) is 0.0611. The van der Waals surface area contributed by atoms with E-state index in [-0.39, 0.29) is 55.6 Å². The number of nitrogens with one attached hydrogen (secondary N) is 8. The van der Waals surface area contributed by atoms with Crippen molar-refractivity contribution in [3.8, 4) is 0 Å². The van der Waals surface area contributed by atoms with Crippen LogP contribution in [0.4, 0.5) is 0 Å². The van der Waals surface area contributed by atoms with Crippen LogP contribution < -0.4 is 37.2 Å². The molecule has 4 atom stereocenters. The van der Waals surface area contributed by atoms with Crippen LogP contribution in [0.15, 0.2) is 12.5 Å². The van der Waals surface area contributed by atoms with Gasteiger partial charge in [0.25, 0.3) is 0 Å². The Kier molecular flexibility index (Phi) is 19.9. The number of carbonyl (C=O) groups excluding carboxylic acids is 7. The largest absolute Gasteiger partial charge is 0.355 e. The van der Waals surface area contributed by atoms with Gasteiger partial charge in [0.1, 0.15) is 18.1 Å². The van der Waals surface area contributed by atoms with Crippen LogP contribution in [-0.4, -0.2) is 120 Å². The molecule has 0 spiro atoms. The van der Waals surface area contributed by atoms with E-state index in [2.05, 4.69) is 47.2 Å². The van der Waals surface area contributed by atoms with Gasteiger partial charge in [-0.05, 0) is 18.3 Å². The minimum atomic E-state index is -0.975. The van der Waals surface area contributed by atoms with Crippen molar-refractivity contribution in [3.63, 3.8) is 0 Å². The molecule has 0 aliphatic heterocycles. The second-order valence-corrected chi connectivity index (χ2v) is 12.5. The second-order valence-electron chi connectivity index (χ2n) is 12.5. The molecule has 276 valence electrons. The van der Waals surface area contributed by atoms with Gasteiger partial charge in [-0.25, -0.2) is 4.98 Å². The normalized spacial score (nSPS) is 13.4. The van der Waals surface area contributed by atoms with E-state index in [0.717, 1.165) is 0 Å². The SMILES string of the molecule is CCC(C)[C@H](NC(=O)[C@H](Cc1cnc[nH]1)NC(C)=O)C(=O)N[C@@H](CC(C)C)C(=O)NCCNC(=O)CN(CCNC(C)=O)CCNC(C)=O. The maximum atomic E-state index is 13.6. The Labute approximate surface area is 288 Å². The van der Waals surface area contributed by atoms with Crippen LogP contribution in [0.1, 0.15) is 67.0 Å². The van der Waals surface area contributed by atoms with E-state index < -0.39 is 41.8 Å². The van der Waals surface area contributed by atoms with Gasteiger partial charge in [-0.3, -0.25) is 38.5 Å². The van der Waals surface area contributed by atoms with Crippen LogP contribution in [0.25, 0.3) is 0 Å². The number of nitrogens with zero attached hydrogens (tertiary/aromatic N) is 2. The number of aromatic amines is 1. The maximum absolute atomic E-state index is 13.6. The monoisotopic (exact) mass is 692 g/mol. The summed E-state index contributed by atoms with van der Waals surface area (Å²) in [6.07, 6.45) is 4.04. The fourth-order valence-corrected chi connectivity index (χ4v) is 4.81. The molecule has 0 bridgehead atoms. The molecule has 0 saturated carbocycles. The van der Waals surface area contributed by atoms with Crippen molar-refractivity contribution in [1.29, 1.82) is 0 Å². The zero-order valence-electron chi connectivity index (χ0n) is 29.9. The standard InChI is InChI=1S/C32H56N10O7/c1-8-21(4)29(41-31(48)27(39-24(7)45)16-25-17-33-19-38-25)32(49)40-26(15-20(2)3)30(47)37-10-9-36-28(46)18-42(13-11-34-22(5)43)14-12-35-23(6)44/h17,19-21,26-27,29H,8-16,18H2,1-7H3,(H,33,38)(H,34,43)(H,35,44)(H,36,46)(H,37,47)(H,39,45)(H,40,49)(H,41,48)/t21?,26-,27-,29-/m0/s1. The van der Waals surface area contributed by atoms with Crippen LogP contribution in [0.3, 0.4) is 0 Å². The molecular weight excluding hydrogens is 636 g/mol. The van der Waals surface area contributed by atoms with E-state index in [1.54, 1.807) is 11.1 Å². The van der Waals surface area contributed by atoms with E-state index in [9.17, 15) is 33.6 Å². The van der Waals surface area contributed by atoms with Gasteiger partial charge in [-0.15, -0.1) is 0 Å². The molecule has 1 unspecified atom stereocenters. The van der Waals surface area contributed by atoms with Gasteiger partial charge in [0.05, 0.1) is 12.9 Å². The minimum Gasteiger partial charge on any atom is -0.355 e.